The van der Waals surface area contributed by atoms with E-state index in [1.54, 1.807) is 6.92 Å². The minimum Gasteiger partial charge on any atom is -0.493 e. The monoisotopic (exact) mass is 296 g/mol. The summed E-state index contributed by atoms with van der Waals surface area (Å²) in [6.07, 6.45) is 0.952. The molecule has 22 heavy (non-hydrogen) atoms. The number of nitrogens with one attached hydrogen (secondary N) is 1. The van der Waals surface area contributed by atoms with Gasteiger partial charge in [0.25, 0.3) is 5.56 Å². The fourth-order valence-corrected chi connectivity index (χ4v) is 2.23. The number of nitriles is 1. The number of rotatable bonds is 5. The van der Waals surface area contributed by atoms with Gasteiger partial charge in [0.2, 0.25) is 0 Å². The molecule has 1 aromatic heterocycles. The first kappa shape index (κ1) is 15.8. The summed E-state index contributed by atoms with van der Waals surface area (Å²) in [5.74, 6) is 1.26. The number of hydrogen-bond donors (Lipinski definition) is 1. The maximum Gasteiger partial charge on any atom is 0.266 e. The molecule has 4 nitrogen and oxygen atoms in total. The molecular weight excluding hydrogens is 276 g/mol. The Balaban J connectivity index is 2.46. The Morgan fingerprint density at radius 2 is 2.00 bits per heavy atom. The van der Waals surface area contributed by atoms with Crippen molar-refractivity contribution in [1.29, 1.82) is 5.26 Å². The van der Waals surface area contributed by atoms with Gasteiger partial charge in [-0.15, -0.1) is 0 Å². The van der Waals surface area contributed by atoms with Crippen LogP contribution in [0.4, 0.5) is 0 Å². The Morgan fingerprint density at radius 3 is 2.68 bits per heavy atom. The number of hydrogen-bond acceptors (Lipinski definition) is 3. The third-order valence-electron chi connectivity index (χ3n) is 3.41. The number of H-pyrrole nitrogens is 1. The van der Waals surface area contributed by atoms with Crippen molar-refractivity contribution in [2.45, 2.75) is 27.2 Å². The standard InChI is InChI=1S/C18H20N2O2/c1-12(2)8-9-22-17-7-5-4-6-14(17)15-10-13(3)20-18(21)16(15)11-19/h4-7,10,12H,8-9H2,1-3H3,(H,20,21). The van der Waals surface area contributed by atoms with E-state index in [1.807, 2.05) is 36.4 Å². The second-order valence-corrected chi connectivity index (χ2v) is 5.71. The summed E-state index contributed by atoms with van der Waals surface area (Å²) in [5.41, 5.74) is 1.86. The molecule has 4 heteroatoms. The lowest BCUT2D eigenvalue weighted by molar-refractivity contribution is 0.290. The quantitative estimate of drug-likeness (QED) is 0.916. The Kier molecular flexibility index (Phi) is 5.00. The highest BCUT2D eigenvalue weighted by Gasteiger charge is 2.14. The molecule has 0 aliphatic heterocycles. The average molecular weight is 296 g/mol. The van der Waals surface area contributed by atoms with E-state index in [2.05, 4.69) is 18.8 Å². The third-order valence-corrected chi connectivity index (χ3v) is 3.41. The van der Waals surface area contributed by atoms with Crippen molar-refractivity contribution in [3.8, 4) is 22.9 Å². The highest BCUT2D eigenvalue weighted by atomic mass is 16.5. The first-order valence-corrected chi connectivity index (χ1v) is 7.39. The molecule has 1 heterocycles. The van der Waals surface area contributed by atoms with Gasteiger partial charge in [-0.05, 0) is 31.4 Å². The Bertz CT molecular complexity index is 754. The summed E-state index contributed by atoms with van der Waals surface area (Å²) >= 11 is 0. The minimum atomic E-state index is -0.366. The SMILES string of the molecule is Cc1cc(-c2ccccc2OCCC(C)C)c(C#N)c(=O)[nH]1. The molecular formula is C18H20N2O2. The van der Waals surface area contributed by atoms with E-state index < -0.39 is 0 Å². The van der Waals surface area contributed by atoms with Crippen molar-refractivity contribution in [2.75, 3.05) is 6.61 Å². The van der Waals surface area contributed by atoms with Crippen LogP contribution < -0.4 is 10.3 Å². The minimum absolute atomic E-state index is 0.116. The second-order valence-electron chi connectivity index (χ2n) is 5.71. The number of aryl methyl sites for hydroxylation is 1. The molecule has 0 aliphatic carbocycles. The molecule has 114 valence electrons. The van der Waals surface area contributed by atoms with Crippen molar-refractivity contribution in [3.63, 3.8) is 0 Å². The summed E-state index contributed by atoms with van der Waals surface area (Å²) in [5, 5.41) is 9.28. The zero-order chi connectivity index (χ0) is 16.1. The molecule has 2 rings (SSSR count). The van der Waals surface area contributed by atoms with Crippen molar-refractivity contribution in [2.24, 2.45) is 5.92 Å². The van der Waals surface area contributed by atoms with Gasteiger partial charge in [-0.25, -0.2) is 0 Å². The van der Waals surface area contributed by atoms with E-state index in [0.717, 1.165) is 17.7 Å². The van der Waals surface area contributed by atoms with Gasteiger partial charge in [0, 0.05) is 16.8 Å². The number of ether oxygens (including phenoxy) is 1. The third kappa shape index (κ3) is 3.56. The lowest BCUT2D eigenvalue weighted by Crippen LogP contribution is -2.13. The van der Waals surface area contributed by atoms with E-state index >= 15 is 0 Å². The van der Waals surface area contributed by atoms with E-state index in [-0.39, 0.29) is 11.1 Å². The topological polar surface area (TPSA) is 65.9 Å². The lowest BCUT2D eigenvalue weighted by Gasteiger charge is -2.13. The van der Waals surface area contributed by atoms with Crippen LogP contribution >= 0.6 is 0 Å². The van der Waals surface area contributed by atoms with Crippen molar-refractivity contribution in [1.82, 2.24) is 4.98 Å². The average Bonchev–Trinajstić information content (AvgIpc) is 2.46. The molecule has 2 aromatic rings. The van der Waals surface area contributed by atoms with Gasteiger partial charge in [-0.2, -0.15) is 5.26 Å². The molecule has 0 amide bonds. The van der Waals surface area contributed by atoms with Gasteiger partial charge in [0.05, 0.1) is 6.61 Å². The van der Waals surface area contributed by atoms with E-state index in [1.165, 1.54) is 0 Å². The normalized spacial score (nSPS) is 10.5. The molecule has 0 saturated carbocycles. The molecule has 1 aromatic carbocycles. The molecule has 0 bridgehead atoms. The molecule has 0 saturated heterocycles. The van der Waals surface area contributed by atoms with Crippen molar-refractivity contribution in [3.05, 3.63) is 51.9 Å². The molecule has 0 aliphatic rings. The van der Waals surface area contributed by atoms with E-state index in [4.69, 9.17) is 4.74 Å². The first-order valence-electron chi connectivity index (χ1n) is 7.39. The zero-order valence-corrected chi connectivity index (χ0v) is 13.1. The lowest BCUT2D eigenvalue weighted by atomic mass is 10.00. The summed E-state index contributed by atoms with van der Waals surface area (Å²) in [7, 11) is 0. The van der Waals surface area contributed by atoms with Crippen molar-refractivity contribution >= 4 is 0 Å². The van der Waals surface area contributed by atoms with Gasteiger partial charge in [0.15, 0.2) is 0 Å². The van der Waals surface area contributed by atoms with Gasteiger partial charge >= 0.3 is 0 Å². The van der Waals surface area contributed by atoms with Gasteiger partial charge in [-0.3, -0.25) is 4.79 Å². The summed E-state index contributed by atoms with van der Waals surface area (Å²) in [4.78, 5) is 14.6. The summed E-state index contributed by atoms with van der Waals surface area (Å²) in [6.45, 7) is 6.69. The van der Waals surface area contributed by atoms with Gasteiger partial charge < -0.3 is 9.72 Å². The zero-order valence-electron chi connectivity index (χ0n) is 13.1. The largest absolute Gasteiger partial charge is 0.493 e. The van der Waals surface area contributed by atoms with Crippen LogP contribution in [0, 0.1) is 24.2 Å². The fourth-order valence-electron chi connectivity index (χ4n) is 2.23. The van der Waals surface area contributed by atoms with Crippen LogP contribution in [-0.4, -0.2) is 11.6 Å². The Labute approximate surface area is 130 Å². The van der Waals surface area contributed by atoms with E-state index in [0.29, 0.717) is 23.8 Å². The number of nitrogens with zero attached hydrogens (tertiary/aromatic N) is 1. The molecule has 0 spiro atoms. The molecule has 0 unspecified atom stereocenters. The number of benzene rings is 1. The van der Waals surface area contributed by atoms with Crippen LogP contribution in [0.1, 0.15) is 31.5 Å². The first-order chi connectivity index (χ1) is 10.5. The van der Waals surface area contributed by atoms with Crippen LogP contribution in [0.3, 0.4) is 0 Å². The second kappa shape index (κ2) is 6.95. The van der Waals surface area contributed by atoms with Crippen LogP contribution in [0.2, 0.25) is 0 Å². The maximum absolute atomic E-state index is 12.0. The molecule has 1 N–H and O–H groups in total. The number of aromatic amines is 1. The summed E-state index contributed by atoms with van der Waals surface area (Å²) in [6, 6.07) is 11.3. The Morgan fingerprint density at radius 1 is 1.27 bits per heavy atom. The molecule has 0 radical (unpaired) electrons. The molecule has 0 fully saturated rings. The number of pyridine rings is 1. The smallest absolute Gasteiger partial charge is 0.266 e. The van der Waals surface area contributed by atoms with Crippen LogP contribution in [0.25, 0.3) is 11.1 Å². The van der Waals surface area contributed by atoms with Crippen molar-refractivity contribution < 1.29 is 4.74 Å². The van der Waals surface area contributed by atoms with Crippen LogP contribution in [0.15, 0.2) is 35.1 Å². The van der Waals surface area contributed by atoms with Gasteiger partial charge in [0.1, 0.15) is 17.4 Å². The maximum atomic E-state index is 12.0. The predicted molar refractivity (Wildman–Crippen MR) is 86.9 cm³/mol. The van der Waals surface area contributed by atoms with E-state index in [9.17, 15) is 10.1 Å². The highest BCUT2D eigenvalue weighted by Crippen LogP contribution is 2.31. The van der Waals surface area contributed by atoms with Gasteiger partial charge in [-0.1, -0.05) is 32.0 Å². The number of para-hydroxylation sites is 1. The van der Waals surface area contributed by atoms with Crippen LogP contribution in [0.5, 0.6) is 5.75 Å². The van der Waals surface area contributed by atoms with Crippen LogP contribution in [-0.2, 0) is 0 Å². The summed E-state index contributed by atoms with van der Waals surface area (Å²) < 4.78 is 5.86. The highest BCUT2D eigenvalue weighted by molar-refractivity contribution is 5.75. The number of aromatic nitrogens is 1. The predicted octanol–water partition coefficient (Wildman–Crippen LogP) is 3.65. The molecule has 0 atom stereocenters. The Hall–Kier alpha value is -2.54. The fraction of sp³-hybridized carbons (Fsp3) is 0.333.